The Morgan fingerprint density at radius 2 is 1.83 bits per heavy atom. The Morgan fingerprint density at radius 1 is 1.00 bits per heavy atom. The van der Waals surface area contributed by atoms with Crippen molar-refractivity contribution >= 4 is 22.5 Å². The molecule has 2 aromatic heterocycles. The van der Waals surface area contributed by atoms with Crippen molar-refractivity contribution < 1.29 is 4.79 Å². The standard InChI is InChI=1S/C24H21N5O/c30-24(21-17-4-1-2-6-19(17)26-20-7-3-5-18(20)21)25-16-12-10-15(11-13-16)23-27-22(28-29-23)14-8-9-14/h1-2,4,6,10-14H,3,5,7-9H2,(H,25,30)(H,27,28,29). The molecule has 2 aliphatic carbocycles. The maximum atomic E-state index is 13.3. The first-order valence-corrected chi connectivity index (χ1v) is 10.5. The van der Waals surface area contributed by atoms with Crippen molar-refractivity contribution in [3.63, 3.8) is 0 Å². The van der Waals surface area contributed by atoms with Crippen LogP contribution in [0.25, 0.3) is 22.3 Å². The summed E-state index contributed by atoms with van der Waals surface area (Å²) in [5.74, 6) is 2.14. The van der Waals surface area contributed by atoms with Crippen LogP contribution < -0.4 is 5.32 Å². The van der Waals surface area contributed by atoms with Gasteiger partial charge in [0.25, 0.3) is 5.91 Å². The lowest BCUT2D eigenvalue weighted by Crippen LogP contribution is -2.15. The molecule has 0 unspecified atom stereocenters. The molecule has 2 heterocycles. The molecule has 2 aliphatic rings. The third-order valence-electron chi connectivity index (χ3n) is 6.01. The van der Waals surface area contributed by atoms with Crippen molar-refractivity contribution in [1.29, 1.82) is 0 Å². The number of hydrogen-bond acceptors (Lipinski definition) is 4. The van der Waals surface area contributed by atoms with E-state index in [1.807, 2.05) is 48.5 Å². The minimum atomic E-state index is -0.0755. The minimum Gasteiger partial charge on any atom is -0.322 e. The SMILES string of the molecule is O=C(Nc1ccc(-c2n[nH]c(C3CC3)n2)cc1)c1c2c(nc3ccccc13)CCC2. The number of aromatic nitrogens is 4. The number of nitrogens with one attached hydrogen (secondary N) is 2. The lowest BCUT2D eigenvalue weighted by molar-refractivity contribution is 0.102. The molecule has 2 N–H and O–H groups in total. The van der Waals surface area contributed by atoms with Crippen LogP contribution in [0.15, 0.2) is 48.5 Å². The van der Waals surface area contributed by atoms with Crippen molar-refractivity contribution in [3.05, 3.63) is 71.2 Å². The monoisotopic (exact) mass is 395 g/mol. The van der Waals surface area contributed by atoms with Gasteiger partial charge in [-0.05, 0) is 68.0 Å². The summed E-state index contributed by atoms with van der Waals surface area (Å²) >= 11 is 0. The topological polar surface area (TPSA) is 83.6 Å². The van der Waals surface area contributed by atoms with Crippen LogP contribution >= 0.6 is 0 Å². The van der Waals surface area contributed by atoms with Crippen LogP contribution in [-0.2, 0) is 12.8 Å². The van der Waals surface area contributed by atoms with Crippen LogP contribution in [-0.4, -0.2) is 26.1 Å². The summed E-state index contributed by atoms with van der Waals surface area (Å²) in [5.41, 5.74) is 5.50. The maximum Gasteiger partial charge on any atom is 0.256 e. The van der Waals surface area contributed by atoms with Crippen LogP contribution in [0.4, 0.5) is 5.69 Å². The van der Waals surface area contributed by atoms with Crippen molar-refractivity contribution in [2.45, 2.75) is 38.0 Å². The van der Waals surface area contributed by atoms with Crippen LogP contribution in [0.2, 0.25) is 0 Å². The molecule has 0 bridgehead atoms. The van der Waals surface area contributed by atoms with E-state index in [1.165, 1.54) is 12.8 Å². The third-order valence-corrected chi connectivity index (χ3v) is 6.01. The zero-order valence-corrected chi connectivity index (χ0v) is 16.5. The highest BCUT2D eigenvalue weighted by molar-refractivity contribution is 6.13. The number of carbonyl (C=O) groups is 1. The molecular weight excluding hydrogens is 374 g/mol. The van der Waals surface area contributed by atoms with E-state index in [0.29, 0.717) is 11.7 Å². The molecule has 2 aromatic carbocycles. The van der Waals surface area contributed by atoms with Gasteiger partial charge in [0.15, 0.2) is 5.82 Å². The molecule has 0 atom stereocenters. The number of aromatic amines is 1. The van der Waals surface area contributed by atoms with E-state index in [9.17, 15) is 4.79 Å². The summed E-state index contributed by atoms with van der Waals surface area (Å²) in [4.78, 5) is 22.6. The highest BCUT2D eigenvalue weighted by atomic mass is 16.1. The second-order valence-corrected chi connectivity index (χ2v) is 8.13. The molecular formula is C24H21N5O. The molecule has 148 valence electrons. The number of amides is 1. The number of rotatable bonds is 4. The molecule has 0 radical (unpaired) electrons. The molecule has 0 spiro atoms. The number of anilines is 1. The Hall–Kier alpha value is -3.54. The van der Waals surface area contributed by atoms with E-state index in [1.54, 1.807) is 0 Å². The van der Waals surface area contributed by atoms with Crippen LogP contribution in [0.3, 0.4) is 0 Å². The Labute approximate surface area is 173 Å². The van der Waals surface area contributed by atoms with E-state index < -0.39 is 0 Å². The summed E-state index contributed by atoms with van der Waals surface area (Å²) in [7, 11) is 0. The van der Waals surface area contributed by atoms with Crippen LogP contribution in [0.1, 0.15) is 52.6 Å². The Kier molecular flexibility index (Phi) is 3.91. The summed E-state index contributed by atoms with van der Waals surface area (Å²) in [5, 5.41) is 11.4. The van der Waals surface area contributed by atoms with Gasteiger partial charge in [-0.1, -0.05) is 18.2 Å². The van der Waals surface area contributed by atoms with Gasteiger partial charge in [0, 0.05) is 28.2 Å². The number of para-hydroxylation sites is 1. The average Bonchev–Trinajstić information content (AvgIpc) is 3.31. The summed E-state index contributed by atoms with van der Waals surface area (Å²) in [6.45, 7) is 0. The molecule has 1 saturated carbocycles. The van der Waals surface area contributed by atoms with Gasteiger partial charge < -0.3 is 5.32 Å². The van der Waals surface area contributed by atoms with Gasteiger partial charge in [-0.3, -0.25) is 14.9 Å². The summed E-state index contributed by atoms with van der Waals surface area (Å²) in [6, 6.07) is 15.6. The molecule has 1 fully saturated rings. The fourth-order valence-corrected chi connectivity index (χ4v) is 4.31. The van der Waals surface area contributed by atoms with Gasteiger partial charge in [-0.25, -0.2) is 4.98 Å². The molecule has 0 aliphatic heterocycles. The number of H-pyrrole nitrogens is 1. The predicted molar refractivity (Wildman–Crippen MR) is 116 cm³/mol. The number of hydrogen-bond donors (Lipinski definition) is 2. The van der Waals surface area contributed by atoms with E-state index in [-0.39, 0.29) is 5.91 Å². The Balaban J connectivity index is 1.29. The first-order valence-electron chi connectivity index (χ1n) is 10.5. The molecule has 1 amide bonds. The molecule has 4 aromatic rings. The maximum absolute atomic E-state index is 13.3. The fourth-order valence-electron chi connectivity index (χ4n) is 4.31. The van der Waals surface area contributed by atoms with Crippen molar-refractivity contribution in [3.8, 4) is 11.4 Å². The number of fused-ring (bicyclic) bond motifs is 2. The molecule has 6 nitrogen and oxygen atoms in total. The number of aryl methyl sites for hydroxylation is 1. The minimum absolute atomic E-state index is 0.0755. The highest BCUT2D eigenvalue weighted by Crippen LogP contribution is 2.38. The second-order valence-electron chi connectivity index (χ2n) is 8.13. The van der Waals surface area contributed by atoms with E-state index in [4.69, 9.17) is 4.98 Å². The van der Waals surface area contributed by atoms with E-state index in [0.717, 1.165) is 64.1 Å². The fraction of sp³-hybridized carbons (Fsp3) is 0.250. The van der Waals surface area contributed by atoms with Gasteiger partial charge in [0.05, 0.1) is 11.1 Å². The van der Waals surface area contributed by atoms with Crippen molar-refractivity contribution in [2.24, 2.45) is 0 Å². The normalized spacial score (nSPS) is 15.3. The predicted octanol–water partition coefficient (Wildman–Crippen LogP) is 4.64. The van der Waals surface area contributed by atoms with Gasteiger partial charge >= 0.3 is 0 Å². The third kappa shape index (κ3) is 2.96. The largest absolute Gasteiger partial charge is 0.322 e. The molecule has 0 saturated heterocycles. The average molecular weight is 395 g/mol. The van der Waals surface area contributed by atoms with Gasteiger partial charge in [0.2, 0.25) is 0 Å². The van der Waals surface area contributed by atoms with Gasteiger partial charge in [-0.2, -0.15) is 5.10 Å². The summed E-state index contributed by atoms with van der Waals surface area (Å²) < 4.78 is 0. The van der Waals surface area contributed by atoms with Gasteiger partial charge in [-0.15, -0.1) is 0 Å². The molecule has 6 heteroatoms. The zero-order chi connectivity index (χ0) is 20.1. The Morgan fingerprint density at radius 3 is 2.67 bits per heavy atom. The smallest absolute Gasteiger partial charge is 0.256 e. The van der Waals surface area contributed by atoms with Crippen molar-refractivity contribution in [1.82, 2.24) is 20.2 Å². The van der Waals surface area contributed by atoms with Crippen molar-refractivity contribution in [2.75, 3.05) is 5.32 Å². The number of pyridine rings is 1. The van der Waals surface area contributed by atoms with E-state index >= 15 is 0 Å². The lowest BCUT2D eigenvalue weighted by Gasteiger charge is -2.13. The lowest BCUT2D eigenvalue weighted by atomic mass is 10.0. The summed E-state index contributed by atoms with van der Waals surface area (Å²) in [6.07, 6.45) is 5.27. The highest BCUT2D eigenvalue weighted by Gasteiger charge is 2.27. The molecule has 6 rings (SSSR count). The first-order chi connectivity index (χ1) is 14.8. The Bertz CT molecular complexity index is 1270. The first kappa shape index (κ1) is 17.3. The molecule has 30 heavy (non-hydrogen) atoms. The number of benzene rings is 2. The van der Waals surface area contributed by atoms with E-state index in [2.05, 4.69) is 20.5 Å². The quantitative estimate of drug-likeness (QED) is 0.527. The van der Waals surface area contributed by atoms with Gasteiger partial charge in [0.1, 0.15) is 5.82 Å². The number of nitrogens with zero attached hydrogens (tertiary/aromatic N) is 3. The van der Waals surface area contributed by atoms with Crippen LogP contribution in [0, 0.1) is 0 Å². The zero-order valence-electron chi connectivity index (χ0n) is 16.5. The van der Waals surface area contributed by atoms with Crippen LogP contribution in [0.5, 0.6) is 0 Å². The number of carbonyl (C=O) groups excluding carboxylic acids is 1. The second kappa shape index (κ2) is 6.76.